The monoisotopic (exact) mass is 330 g/mol. The number of benzene rings is 1. The first-order chi connectivity index (χ1) is 8.43. The Hall–Kier alpha value is -0.540. The zero-order valence-electron chi connectivity index (χ0n) is 10.2. The Labute approximate surface area is 120 Å². The minimum Gasteiger partial charge on any atom is -0.481 e. The van der Waals surface area contributed by atoms with Crippen LogP contribution in [0, 0.1) is 11.3 Å². The Morgan fingerprint density at radius 2 is 2.33 bits per heavy atom. The third kappa shape index (κ3) is 2.72. The van der Waals surface area contributed by atoms with Crippen molar-refractivity contribution in [3.63, 3.8) is 0 Å². The molecule has 1 N–H and O–H groups in total. The zero-order chi connectivity index (χ0) is 13.3. The van der Waals surface area contributed by atoms with E-state index in [-0.39, 0.29) is 0 Å². The molecule has 98 valence electrons. The van der Waals surface area contributed by atoms with Gasteiger partial charge in [0.1, 0.15) is 0 Å². The molecule has 1 saturated carbocycles. The molecule has 1 aliphatic carbocycles. The highest BCUT2D eigenvalue weighted by atomic mass is 79.9. The third-order valence-electron chi connectivity index (χ3n) is 3.85. The first kappa shape index (κ1) is 13.9. The van der Waals surface area contributed by atoms with Gasteiger partial charge in [0, 0.05) is 9.50 Å². The molecule has 4 heteroatoms. The second kappa shape index (κ2) is 5.22. The molecule has 1 aliphatic rings. The van der Waals surface area contributed by atoms with Crippen molar-refractivity contribution >= 4 is 33.5 Å². The van der Waals surface area contributed by atoms with Crippen molar-refractivity contribution in [2.24, 2.45) is 11.3 Å². The van der Waals surface area contributed by atoms with E-state index >= 15 is 0 Å². The zero-order valence-corrected chi connectivity index (χ0v) is 12.6. The lowest BCUT2D eigenvalue weighted by molar-refractivity contribution is -0.148. The molecule has 0 amide bonds. The van der Waals surface area contributed by atoms with Gasteiger partial charge in [-0.05, 0) is 49.3 Å². The summed E-state index contributed by atoms with van der Waals surface area (Å²) in [5, 5.41) is 10.2. The van der Waals surface area contributed by atoms with Gasteiger partial charge >= 0.3 is 5.97 Å². The molecule has 2 rings (SSSR count). The summed E-state index contributed by atoms with van der Waals surface area (Å²) in [6.07, 6.45) is 3.00. The molecule has 18 heavy (non-hydrogen) atoms. The lowest BCUT2D eigenvalue weighted by Crippen LogP contribution is -2.30. The van der Waals surface area contributed by atoms with Crippen molar-refractivity contribution in [3.05, 3.63) is 33.3 Å². The first-order valence-corrected chi connectivity index (χ1v) is 7.27. The Balaban J connectivity index is 2.27. The number of carbonyl (C=O) groups is 1. The fourth-order valence-corrected chi connectivity index (χ4v) is 3.59. The van der Waals surface area contributed by atoms with E-state index in [9.17, 15) is 9.90 Å². The van der Waals surface area contributed by atoms with Gasteiger partial charge in [-0.2, -0.15) is 0 Å². The van der Waals surface area contributed by atoms with Crippen LogP contribution in [0.5, 0.6) is 0 Å². The van der Waals surface area contributed by atoms with Crippen molar-refractivity contribution in [3.8, 4) is 0 Å². The maximum atomic E-state index is 11.6. The van der Waals surface area contributed by atoms with E-state index in [0.717, 1.165) is 29.3 Å². The fourth-order valence-electron chi connectivity index (χ4n) is 2.85. The van der Waals surface area contributed by atoms with E-state index in [2.05, 4.69) is 22.9 Å². The molecule has 0 heterocycles. The number of halogens is 2. The molecule has 2 unspecified atom stereocenters. The summed E-state index contributed by atoms with van der Waals surface area (Å²) in [5.41, 5.74) is 0.299. The number of hydrogen-bond donors (Lipinski definition) is 1. The minimum atomic E-state index is -0.689. The van der Waals surface area contributed by atoms with Crippen molar-refractivity contribution in [1.82, 2.24) is 0 Å². The van der Waals surface area contributed by atoms with E-state index < -0.39 is 11.4 Å². The second-order valence-corrected chi connectivity index (χ2v) is 6.67. The van der Waals surface area contributed by atoms with Crippen LogP contribution in [0.4, 0.5) is 0 Å². The molecule has 2 atom stereocenters. The summed E-state index contributed by atoms with van der Waals surface area (Å²) in [6, 6.07) is 5.65. The van der Waals surface area contributed by atoms with Gasteiger partial charge in [0.2, 0.25) is 0 Å². The van der Waals surface area contributed by atoms with Gasteiger partial charge in [0.25, 0.3) is 0 Å². The molecule has 0 aromatic heterocycles. The topological polar surface area (TPSA) is 37.3 Å². The van der Waals surface area contributed by atoms with Crippen LogP contribution < -0.4 is 0 Å². The van der Waals surface area contributed by atoms with Gasteiger partial charge in [0.05, 0.1) is 5.41 Å². The van der Waals surface area contributed by atoms with Gasteiger partial charge in [-0.3, -0.25) is 4.79 Å². The highest BCUT2D eigenvalue weighted by Gasteiger charge is 2.44. The molecule has 1 aromatic carbocycles. The molecular weight excluding hydrogens is 316 g/mol. The van der Waals surface area contributed by atoms with E-state index in [4.69, 9.17) is 11.6 Å². The molecule has 2 nitrogen and oxygen atoms in total. The predicted molar refractivity (Wildman–Crippen MR) is 75.9 cm³/mol. The number of hydrogen-bond acceptors (Lipinski definition) is 1. The molecule has 0 aliphatic heterocycles. The molecule has 0 bridgehead atoms. The predicted octanol–water partition coefficient (Wildman–Crippen LogP) is 4.54. The molecule has 1 fully saturated rings. The second-order valence-electron chi connectivity index (χ2n) is 5.35. The number of rotatable bonds is 3. The van der Waals surface area contributed by atoms with Gasteiger partial charge in [-0.25, -0.2) is 0 Å². The summed E-state index contributed by atoms with van der Waals surface area (Å²) in [4.78, 5) is 11.6. The van der Waals surface area contributed by atoms with Crippen LogP contribution in [0.2, 0.25) is 5.02 Å². The van der Waals surface area contributed by atoms with Crippen LogP contribution in [-0.4, -0.2) is 11.1 Å². The fraction of sp³-hybridized carbons (Fsp3) is 0.500. The summed E-state index contributed by atoms with van der Waals surface area (Å²) < 4.78 is 0.917. The molecular formula is C14H16BrClO2. The lowest BCUT2D eigenvalue weighted by Gasteiger charge is -2.24. The van der Waals surface area contributed by atoms with Crippen molar-refractivity contribution in [2.45, 2.75) is 32.6 Å². The number of carboxylic acid groups (broad SMARTS) is 1. The lowest BCUT2D eigenvalue weighted by atomic mass is 9.79. The van der Waals surface area contributed by atoms with Crippen LogP contribution in [0.3, 0.4) is 0 Å². The Morgan fingerprint density at radius 1 is 1.61 bits per heavy atom. The van der Waals surface area contributed by atoms with Crippen LogP contribution in [0.1, 0.15) is 31.7 Å². The third-order valence-corrected chi connectivity index (χ3v) is 4.70. The van der Waals surface area contributed by atoms with Crippen LogP contribution in [0.25, 0.3) is 0 Å². The SMILES string of the molecule is CC1CCC(Cc2ccc(Br)cc2Cl)(C(=O)O)C1. The van der Waals surface area contributed by atoms with E-state index in [1.807, 2.05) is 18.2 Å². The Kier molecular flexibility index (Phi) is 4.02. The van der Waals surface area contributed by atoms with E-state index in [1.54, 1.807) is 0 Å². The normalized spacial score (nSPS) is 27.4. The Morgan fingerprint density at radius 3 is 2.83 bits per heavy atom. The van der Waals surface area contributed by atoms with E-state index in [1.165, 1.54) is 0 Å². The van der Waals surface area contributed by atoms with Crippen LogP contribution in [0.15, 0.2) is 22.7 Å². The standard InChI is InChI=1S/C14H16BrClO2/c1-9-4-5-14(7-9,13(17)18)8-10-2-3-11(15)6-12(10)16/h2-3,6,9H,4-5,7-8H2,1H3,(H,17,18). The van der Waals surface area contributed by atoms with Gasteiger partial charge < -0.3 is 5.11 Å². The highest BCUT2D eigenvalue weighted by molar-refractivity contribution is 9.10. The average molecular weight is 332 g/mol. The van der Waals surface area contributed by atoms with Crippen molar-refractivity contribution in [1.29, 1.82) is 0 Å². The van der Waals surface area contributed by atoms with Gasteiger partial charge in [-0.1, -0.05) is 40.5 Å². The van der Waals surface area contributed by atoms with E-state index in [0.29, 0.717) is 17.4 Å². The van der Waals surface area contributed by atoms with Crippen LogP contribution in [-0.2, 0) is 11.2 Å². The minimum absolute atomic E-state index is 0.482. The summed E-state index contributed by atoms with van der Waals surface area (Å²) in [6.45, 7) is 2.12. The summed E-state index contributed by atoms with van der Waals surface area (Å²) >= 11 is 9.55. The average Bonchev–Trinajstić information content (AvgIpc) is 2.66. The maximum Gasteiger partial charge on any atom is 0.309 e. The first-order valence-electron chi connectivity index (χ1n) is 6.10. The smallest absolute Gasteiger partial charge is 0.309 e. The van der Waals surface area contributed by atoms with Crippen LogP contribution >= 0.6 is 27.5 Å². The van der Waals surface area contributed by atoms with Gasteiger partial charge in [0.15, 0.2) is 0 Å². The number of carboxylic acids is 1. The molecule has 0 saturated heterocycles. The maximum absolute atomic E-state index is 11.6. The quantitative estimate of drug-likeness (QED) is 0.883. The molecule has 1 aromatic rings. The summed E-state index contributed by atoms with van der Waals surface area (Å²) in [7, 11) is 0. The Bertz CT molecular complexity index is 475. The van der Waals surface area contributed by atoms with Gasteiger partial charge in [-0.15, -0.1) is 0 Å². The van der Waals surface area contributed by atoms with Crippen molar-refractivity contribution < 1.29 is 9.90 Å². The number of aliphatic carboxylic acids is 1. The largest absolute Gasteiger partial charge is 0.481 e. The highest BCUT2D eigenvalue weighted by Crippen LogP contribution is 2.45. The molecule has 0 spiro atoms. The summed E-state index contributed by atoms with van der Waals surface area (Å²) in [5.74, 6) is -0.207. The molecule has 0 radical (unpaired) electrons. The van der Waals surface area contributed by atoms with Crippen molar-refractivity contribution in [2.75, 3.05) is 0 Å².